The molecule has 3 aromatic carbocycles. The van der Waals surface area contributed by atoms with Gasteiger partial charge in [0, 0.05) is 12.3 Å². The van der Waals surface area contributed by atoms with Gasteiger partial charge in [-0.3, -0.25) is 4.79 Å². The lowest BCUT2D eigenvalue weighted by Gasteiger charge is -2.30. The van der Waals surface area contributed by atoms with E-state index in [4.69, 9.17) is 4.74 Å². The summed E-state index contributed by atoms with van der Waals surface area (Å²) >= 11 is 1.68. The molecule has 0 aliphatic rings. The number of ether oxygens (including phenoxy) is 1. The molecule has 0 aromatic heterocycles. The summed E-state index contributed by atoms with van der Waals surface area (Å²) < 4.78 is 33.9. The molecule has 1 unspecified atom stereocenters. The zero-order valence-electron chi connectivity index (χ0n) is 20.5. The van der Waals surface area contributed by atoms with Crippen LogP contribution >= 0.6 is 11.8 Å². The summed E-state index contributed by atoms with van der Waals surface area (Å²) in [4.78, 5) is 12.9. The fraction of sp³-hybridized carbons (Fsp3) is 0.321. The minimum Gasteiger partial charge on any atom is -0.468 e. The van der Waals surface area contributed by atoms with E-state index in [2.05, 4.69) is 12.1 Å². The van der Waals surface area contributed by atoms with Crippen molar-refractivity contribution in [2.24, 2.45) is 5.92 Å². The van der Waals surface area contributed by atoms with Crippen molar-refractivity contribution in [3.8, 4) is 11.1 Å². The second kappa shape index (κ2) is 12.9. The van der Waals surface area contributed by atoms with Crippen LogP contribution in [0, 0.1) is 5.92 Å². The van der Waals surface area contributed by atoms with Crippen LogP contribution in [0.4, 0.5) is 0 Å². The predicted molar refractivity (Wildman–Crippen MR) is 144 cm³/mol. The SMILES string of the molecule is COC(=O)C(CCSCc1ccccc1)N(CC(C)C)S(=O)(=O)c1ccc(-c2ccccc2)cc1. The van der Waals surface area contributed by atoms with E-state index in [1.54, 1.807) is 36.0 Å². The molecule has 3 aromatic rings. The fourth-order valence-electron chi connectivity index (χ4n) is 3.81. The summed E-state index contributed by atoms with van der Waals surface area (Å²) in [6, 6.07) is 25.8. The van der Waals surface area contributed by atoms with Crippen molar-refractivity contribution in [2.45, 2.75) is 37.0 Å². The van der Waals surface area contributed by atoms with E-state index in [1.165, 1.54) is 17.0 Å². The normalized spacial score (nSPS) is 12.6. The molecule has 0 heterocycles. The predicted octanol–water partition coefficient (Wildman–Crippen LogP) is 5.87. The van der Waals surface area contributed by atoms with Gasteiger partial charge in [-0.05, 0) is 46.9 Å². The number of hydrogen-bond donors (Lipinski definition) is 0. The summed E-state index contributed by atoms with van der Waals surface area (Å²) in [6.07, 6.45) is 0.373. The molecule has 0 radical (unpaired) electrons. The van der Waals surface area contributed by atoms with Crippen molar-refractivity contribution in [3.63, 3.8) is 0 Å². The number of carbonyl (C=O) groups excluding carboxylic acids is 1. The molecule has 0 amide bonds. The molecule has 0 saturated carbocycles. The summed E-state index contributed by atoms with van der Waals surface area (Å²) in [6.45, 7) is 4.12. The molecular weight excluding hydrogens is 478 g/mol. The first kappa shape index (κ1) is 27.0. The minimum atomic E-state index is -3.92. The number of carbonyl (C=O) groups is 1. The van der Waals surface area contributed by atoms with Crippen molar-refractivity contribution in [1.82, 2.24) is 4.31 Å². The van der Waals surface area contributed by atoms with Crippen LogP contribution in [-0.2, 0) is 25.3 Å². The van der Waals surface area contributed by atoms with Gasteiger partial charge in [-0.25, -0.2) is 8.42 Å². The summed E-state index contributed by atoms with van der Waals surface area (Å²) in [5, 5.41) is 0. The molecule has 1 atom stereocenters. The van der Waals surface area contributed by atoms with Gasteiger partial charge in [0.25, 0.3) is 0 Å². The topological polar surface area (TPSA) is 63.7 Å². The highest BCUT2D eigenvalue weighted by Gasteiger charge is 2.36. The number of sulfonamides is 1. The monoisotopic (exact) mass is 511 g/mol. The van der Waals surface area contributed by atoms with Crippen molar-refractivity contribution < 1.29 is 17.9 Å². The largest absolute Gasteiger partial charge is 0.468 e. The number of nitrogens with zero attached hydrogens (tertiary/aromatic N) is 1. The molecule has 3 rings (SSSR count). The van der Waals surface area contributed by atoms with Crippen LogP contribution in [0.15, 0.2) is 89.8 Å². The summed E-state index contributed by atoms with van der Waals surface area (Å²) in [5.41, 5.74) is 3.14. The Bertz CT molecular complexity index is 1160. The lowest BCUT2D eigenvalue weighted by atomic mass is 10.1. The maximum atomic E-state index is 13.7. The Kier molecular flexibility index (Phi) is 9.95. The van der Waals surface area contributed by atoms with E-state index in [0.717, 1.165) is 16.9 Å². The van der Waals surface area contributed by atoms with Gasteiger partial charge in [-0.2, -0.15) is 16.1 Å². The quantitative estimate of drug-likeness (QED) is 0.225. The van der Waals surface area contributed by atoms with Crippen LogP contribution in [0.25, 0.3) is 11.1 Å². The zero-order valence-corrected chi connectivity index (χ0v) is 22.1. The van der Waals surface area contributed by atoms with Crippen LogP contribution in [0.1, 0.15) is 25.8 Å². The number of thioether (sulfide) groups is 1. The second-order valence-electron chi connectivity index (χ2n) is 8.72. The van der Waals surface area contributed by atoms with Gasteiger partial charge < -0.3 is 4.74 Å². The van der Waals surface area contributed by atoms with Crippen LogP contribution in [0.5, 0.6) is 0 Å². The standard InChI is InChI=1S/C28H33NO4S2/c1-22(2)20-29(27(28(30)33-3)18-19-34-21-23-10-6-4-7-11-23)35(31,32)26-16-14-25(15-17-26)24-12-8-5-9-13-24/h4-17,22,27H,18-21H2,1-3H3. The number of rotatable bonds is 12. The van der Waals surface area contributed by atoms with Crippen molar-refractivity contribution in [3.05, 3.63) is 90.5 Å². The molecule has 35 heavy (non-hydrogen) atoms. The Morgan fingerprint density at radius 2 is 1.46 bits per heavy atom. The lowest BCUT2D eigenvalue weighted by Crippen LogP contribution is -2.47. The first-order valence-electron chi connectivity index (χ1n) is 11.7. The zero-order chi connectivity index (χ0) is 25.3. The van der Waals surface area contributed by atoms with Gasteiger partial charge in [0.15, 0.2) is 0 Å². The van der Waals surface area contributed by atoms with Gasteiger partial charge in [0.1, 0.15) is 6.04 Å². The first-order valence-corrected chi connectivity index (χ1v) is 14.3. The van der Waals surface area contributed by atoms with Gasteiger partial charge in [0.2, 0.25) is 10.0 Å². The average molecular weight is 512 g/mol. The smallest absolute Gasteiger partial charge is 0.324 e. The summed E-state index contributed by atoms with van der Waals surface area (Å²) in [7, 11) is -2.61. The Hall–Kier alpha value is -2.61. The fourth-order valence-corrected chi connectivity index (χ4v) is 6.55. The number of methoxy groups -OCH3 is 1. The van der Waals surface area contributed by atoms with Gasteiger partial charge >= 0.3 is 5.97 Å². The molecule has 0 saturated heterocycles. The Balaban J connectivity index is 1.81. The third-order valence-corrected chi connectivity index (χ3v) is 8.53. The number of esters is 1. The lowest BCUT2D eigenvalue weighted by molar-refractivity contribution is -0.145. The molecule has 186 valence electrons. The molecule has 0 fully saturated rings. The highest BCUT2D eigenvalue weighted by Crippen LogP contribution is 2.27. The van der Waals surface area contributed by atoms with E-state index in [1.807, 2.05) is 62.4 Å². The van der Waals surface area contributed by atoms with Crippen LogP contribution < -0.4 is 0 Å². The molecule has 0 N–H and O–H groups in total. The molecular formula is C28H33NO4S2. The van der Waals surface area contributed by atoms with Gasteiger partial charge in [-0.1, -0.05) is 86.6 Å². The molecule has 0 aliphatic carbocycles. The average Bonchev–Trinajstić information content (AvgIpc) is 2.88. The molecule has 5 nitrogen and oxygen atoms in total. The van der Waals surface area contributed by atoms with Crippen molar-refractivity contribution >= 4 is 27.8 Å². The van der Waals surface area contributed by atoms with Crippen molar-refractivity contribution in [2.75, 3.05) is 19.4 Å². The molecule has 0 bridgehead atoms. The van der Waals surface area contributed by atoms with Crippen LogP contribution in [0.2, 0.25) is 0 Å². The Morgan fingerprint density at radius 3 is 2.03 bits per heavy atom. The van der Waals surface area contributed by atoms with Gasteiger partial charge in [-0.15, -0.1) is 0 Å². The first-order chi connectivity index (χ1) is 16.8. The Morgan fingerprint density at radius 1 is 0.886 bits per heavy atom. The highest BCUT2D eigenvalue weighted by molar-refractivity contribution is 7.98. The maximum Gasteiger partial charge on any atom is 0.324 e. The van der Waals surface area contributed by atoms with Crippen LogP contribution in [-0.4, -0.2) is 44.1 Å². The molecule has 7 heteroatoms. The number of benzene rings is 3. The molecule has 0 spiro atoms. The third kappa shape index (κ3) is 7.43. The maximum absolute atomic E-state index is 13.7. The van der Waals surface area contributed by atoms with Crippen LogP contribution in [0.3, 0.4) is 0 Å². The van der Waals surface area contributed by atoms with E-state index < -0.39 is 22.0 Å². The summed E-state index contributed by atoms with van der Waals surface area (Å²) in [5.74, 6) is 0.936. The van der Waals surface area contributed by atoms with E-state index in [9.17, 15) is 13.2 Å². The van der Waals surface area contributed by atoms with E-state index in [0.29, 0.717) is 12.2 Å². The van der Waals surface area contributed by atoms with Crippen molar-refractivity contribution in [1.29, 1.82) is 0 Å². The second-order valence-corrected chi connectivity index (χ2v) is 11.7. The Labute approximate surface area is 213 Å². The third-order valence-electron chi connectivity index (χ3n) is 5.58. The highest BCUT2D eigenvalue weighted by atomic mass is 32.2. The number of hydrogen-bond acceptors (Lipinski definition) is 5. The van der Waals surface area contributed by atoms with E-state index in [-0.39, 0.29) is 17.4 Å². The van der Waals surface area contributed by atoms with E-state index >= 15 is 0 Å². The minimum absolute atomic E-state index is 0.0393. The van der Waals surface area contributed by atoms with Gasteiger partial charge in [0.05, 0.1) is 12.0 Å². The molecule has 0 aliphatic heterocycles.